The molecule has 3 aromatic rings. The van der Waals surface area contributed by atoms with Crippen molar-refractivity contribution in [3.8, 4) is 11.6 Å². The fourth-order valence-corrected chi connectivity index (χ4v) is 3.85. The Bertz CT molecular complexity index is 1230. The van der Waals surface area contributed by atoms with Gasteiger partial charge in [-0.15, -0.1) is 0 Å². The number of carboxylic acids is 1. The van der Waals surface area contributed by atoms with Crippen LogP contribution in [0, 0.1) is 5.92 Å². The van der Waals surface area contributed by atoms with E-state index in [2.05, 4.69) is 22.2 Å². The molecule has 180 valence electrons. The molecule has 2 heterocycles. The van der Waals surface area contributed by atoms with Crippen LogP contribution >= 0.6 is 11.6 Å². The molecule has 1 aromatic heterocycles. The van der Waals surface area contributed by atoms with Gasteiger partial charge in [-0.1, -0.05) is 43.1 Å². The van der Waals surface area contributed by atoms with Gasteiger partial charge >= 0.3 is 5.97 Å². The minimum absolute atomic E-state index is 0.0450. The van der Waals surface area contributed by atoms with Crippen LogP contribution in [0.25, 0.3) is 0 Å². The van der Waals surface area contributed by atoms with Crippen molar-refractivity contribution < 1.29 is 19.4 Å². The van der Waals surface area contributed by atoms with Crippen LogP contribution in [0.15, 0.2) is 71.7 Å². The minimum Gasteiger partial charge on any atom is -0.477 e. The maximum absolute atomic E-state index is 13.2. The fourth-order valence-electron chi connectivity index (χ4n) is 3.73. The second-order valence-corrected chi connectivity index (χ2v) is 8.55. The first-order valence-electron chi connectivity index (χ1n) is 11.3. The number of nitrogens with one attached hydrogen (secondary N) is 1. The highest BCUT2D eigenvalue weighted by molar-refractivity contribution is 6.30. The van der Waals surface area contributed by atoms with E-state index in [1.54, 1.807) is 53.4 Å². The number of ether oxygens (including phenoxy) is 1. The summed E-state index contributed by atoms with van der Waals surface area (Å²) in [6.45, 7) is 2.89. The van der Waals surface area contributed by atoms with E-state index in [-0.39, 0.29) is 23.4 Å². The Labute approximate surface area is 208 Å². The number of aliphatic imine (C=N–C) groups is 1. The van der Waals surface area contributed by atoms with Gasteiger partial charge in [0.15, 0.2) is 5.69 Å². The van der Waals surface area contributed by atoms with E-state index in [9.17, 15) is 9.59 Å². The zero-order chi connectivity index (χ0) is 24.8. The third-order valence-corrected chi connectivity index (χ3v) is 5.75. The van der Waals surface area contributed by atoms with Gasteiger partial charge in [0.25, 0.3) is 0 Å². The van der Waals surface area contributed by atoms with Crippen molar-refractivity contribution in [2.45, 2.75) is 26.3 Å². The summed E-state index contributed by atoms with van der Waals surface area (Å²) in [5, 5.41) is 13.0. The molecule has 0 saturated carbocycles. The molecule has 1 unspecified atom stereocenters. The molecule has 9 heteroatoms. The number of hydrogen-bond acceptors (Lipinski definition) is 6. The Balaban J connectivity index is 1.49. The third kappa shape index (κ3) is 6.16. The summed E-state index contributed by atoms with van der Waals surface area (Å²) < 4.78 is 5.67. The average Bonchev–Trinajstić information content (AvgIpc) is 2.86. The van der Waals surface area contributed by atoms with E-state index in [4.69, 9.17) is 21.4 Å². The molecule has 0 saturated heterocycles. The summed E-state index contributed by atoms with van der Waals surface area (Å²) in [7, 11) is 0. The molecule has 8 nitrogen and oxygen atoms in total. The van der Waals surface area contributed by atoms with Crippen molar-refractivity contribution >= 4 is 35.1 Å². The molecule has 0 fully saturated rings. The monoisotopic (exact) mass is 492 g/mol. The highest BCUT2D eigenvalue weighted by Gasteiger charge is 2.31. The topological polar surface area (TPSA) is 104 Å². The number of hydrogen-bond donors (Lipinski definition) is 2. The minimum atomic E-state index is -1.12. The lowest BCUT2D eigenvalue weighted by Crippen LogP contribution is -2.48. The Hall–Kier alpha value is -3.91. The molecule has 1 amide bonds. The average molecular weight is 493 g/mol. The summed E-state index contributed by atoms with van der Waals surface area (Å²) >= 11 is 6.01. The van der Waals surface area contributed by atoms with Crippen LogP contribution in [-0.4, -0.2) is 39.4 Å². The molecule has 0 radical (unpaired) electrons. The van der Waals surface area contributed by atoms with Crippen LogP contribution < -0.4 is 10.1 Å². The Morgan fingerprint density at radius 2 is 1.89 bits per heavy atom. The maximum atomic E-state index is 13.2. The molecule has 2 N–H and O–H groups in total. The number of anilines is 1. The second kappa shape index (κ2) is 11.0. The second-order valence-electron chi connectivity index (χ2n) is 8.12. The number of nitrogens with zero attached hydrogens (tertiary/aromatic N) is 3. The van der Waals surface area contributed by atoms with Crippen molar-refractivity contribution in [2.75, 3.05) is 11.9 Å². The van der Waals surface area contributed by atoms with Gasteiger partial charge in [0.1, 0.15) is 5.75 Å². The van der Waals surface area contributed by atoms with Crippen molar-refractivity contribution in [1.82, 2.24) is 9.88 Å². The number of guanidine groups is 1. The van der Waals surface area contributed by atoms with Crippen LogP contribution in [-0.2, 0) is 11.3 Å². The van der Waals surface area contributed by atoms with Gasteiger partial charge in [-0.25, -0.2) is 9.78 Å². The lowest BCUT2D eigenvalue weighted by Gasteiger charge is -2.32. The summed E-state index contributed by atoms with van der Waals surface area (Å²) in [5.74, 6) is -0.0486. The normalized spacial score (nSPS) is 15.5. The van der Waals surface area contributed by atoms with E-state index < -0.39 is 5.97 Å². The summed E-state index contributed by atoms with van der Waals surface area (Å²) in [6, 6.07) is 19.0. The largest absolute Gasteiger partial charge is 0.477 e. The molecule has 1 atom stereocenters. The molecule has 0 aliphatic carbocycles. The van der Waals surface area contributed by atoms with Gasteiger partial charge in [-0.2, -0.15) is 0 Å². The van der Waals surface area contributed by atoms with Crippen molar-refractivity contribution in [3.05, 3.63) is 83.0 Å². The van der Waals surface area contributed by atoms with Crippen LogP contribution in [0.1, 0.15) is 35.8 Å². The number of carboxylic acid groups (broad SMARTS) is 1. The standard InChI is InChI=1S/C26H25ClN4O4/c1-2-4-18-15-28-26(31(24(18)32)16-17-7-9-19(27)10-8-17)29-20-11-13-21(14-12-20)35-23-6-3-5-22(30-23)25(33)34/h3,5-14,18H,2,4,15-16H2,1H3,(H,28,29)(H,33,34). The molecule has 4 rings (SSSR count). The number of benzene rings is 2. The predicted octanol–water partition coefficient (Wildman–Crippen LogP) is 5.45. The van der Waals surface area contributed by atoms with Crippen LogP contribution in [0.2, 0.25) is 5.02 Å². The van der Waals surface area contributed by atoms with E-state index in [0.717, 1.165) is 24.1 Å². The highest BCUT2D eigenvalue weighted by atomic mass is 35.5. The lowest BCUT2D eigenvalue weighted by atomic mass is 10.0. The number of aromatic carboxylic acids is 1. The van der Waals surface area contributed by atoms with E-state index in [0.29, 0.717) is 29.8 Å². The third-order valence-electron chi connectivity index (χ3n) is 5.50. The van der Waals surface area contributed by atoms with Gasteiger partial charge in [-0.3, -0.25) is 14.7 Å². The van der Waals surface area contributed by atoms with Gasteiger partial charge in [0.2, 0.25) is 17.7 Å². The molecule has 1 aliphatic rings. The highest BCUT2D eigenvalue weighted by Crippen LogP contribution is 2.24. The smallest absolute Gasteiger partial charge is 0.354 e. The van der Waals surface area contributed by atoms with Crippen LogP contribution in [0.4, 0.5) is 5.69 Å². The van der Waals surface area contributed by atoms with Gasteiger partial charge < -0.3 is 15.2 Å². The first-order valence-corrected chi connectivity index (χ1v) is 11.7. The summed E-state index contributed by atoms with van der Waals surface area (Å²) in [5.41, 5.74) is 1.59. The molecular formula is C26H25ClN4O4. The molecule has 0 spiro atoms. The lowest BCUT2D eigenvalue weighted by molar-refractivity contribution is -0.132. The van der Waals surface area contributed by atoms with Crippen LogP contribution in [0.5, 0.6) is 11.6 Å². The number of amides is 1. The Kier molecular flexibility index (Phi) is 7.62. The number of aromatic nitrogens is 1. The predicted molar refractivity (Wildman–Crippen MR) is 134 cm³/mol. The number of pyridine rings is 1. The number of halogens is 1. The zero-order valence-electron chi connectivity index (χ0n) is 19.1. The fraction of sp³-hybridized carbons (Fsp3) is 0.231. The quantitative estimate of drug-likeness (QED) is 0.433. The van der Waals surface area contributed by atoms with Crippen molar-refractivity contribution in [3.63, 3.8) is 0 Å². The summed E-state index contributed by atoms with van der Waals surface area (Å²) in [4.78, 5) is 34.6. The van der Waals surface area contributed by atoms with E-state index in [1.165, 1.54) is 6.07 Å². The molecular weight excluding hydrogens is 468 g/mol. The van der Waals surface area contributed by atoms with Gasteiger partial charge in [-0.05, 0) is 54.4 Å². The Morgan fingerprint density at radius 3 is 2.57 bits per heavy atom. The van der Waals surface area contributed by atoms with Crippen LogP contribution in [0.3, 0.4) is 0 Å². The molecule has 0 bridgehead atoms. The maximum Gasteiger partial charge on any atom is 0.354 e. The molecule has 35 heavy (non-hydrogen) atoms. The first kappa shape index (κ1) is 24.2. The van der Waals surface area contributed by atoms with E-state index >= 15 is 0 Å². The van der Waals surface area contributed by atoms with Crippen molar-refractivity contribution in [1.29, 1.82) is 0 Å². The number of rotatable bonds is 8. The first-order chi connectivity index (χ1) is 16.9. The summed E-state index contributed by atoms with van der Waals surface area (Å²) in [6.07, 6.45) is 1.70. The number of carbonyl (C=O) groups excluding carboxylic acids is 1. The van der Waals surface area contributed by atoms with Gasteiger partial charge in [0, 0.05) is 16.8 Å². The molecule has 2 aromatic carbocycles. The zero-order valence-corrected chi connectivity index (χ0v) is 19.9. The SMILES string of the molecule is CCCC1CN=C(Nc2ccc(Oc3cccc(C(=O)O)n3)cc2)N(Cc2ccc(Cl)cc2)C1=O. The van der Waals surface area contributed by atoms with Crippen molar-refractivity contribution in [2.24, 2.45) is 10.9 Å². The molecule has 1 aliphatic heterocycles. The van der Waals surface area contributed by atoms with E-state index in [1.807, 2.05) is 12.1 Å². The Morgan fingerprint density at radius 1 is 1.14 bits per heavy atom. The number of carbonyl (C=O) groups is 2. The van der Waals surface area contributed by atoms with Gasteiger partial charge in [0.05, 0.1) is 19.0 Å².